The predicted molar refractivity (Wildman–Crippen MR) is 99.1 cm³/mol. The first-order valence-corrected chi connectivity index (χ1v) is 9.16. The van der Waals surface area contributed by atoms with Crippen molar-refractivity contribution in [3.8, 4) is 0 Å². The Labute approximate surface area is 148 Å². The minimum Gasteiger partial charge on any atom is -0.322 e. The molecule has 0 spiro atoms. The van der Waals surface area contributed by atoms with Gasteiger partial charge in [0, 0.05) is 11.1 Å². The van der Waals surface area contributed by atoms with Crippen molar-refractivity contribution >= 4 is 10.8 Å². The zero-order valence-electron chi connectivity index (χ0n) is 14.5. The molecule has 128 valence electrons. The molecule has 0 amide bonds. The Morgan fingerprint density at radius 1 is 0.680 bits per heavy atom. The van der Waals surface area contributed by atoms with Gasteiger partial charge in [-0.2, -0.15) is 0 Å². The summed E-state index contributed by atoms with van der Waals surface area (Å²) in [5.41, 5.74) is 2.25. The molecular formula is C22H25FN2+2. The van der Waals surface area contributed by atoms with E-state index in [-0.39, 0.29) is 5.82 Å². The SMILES string of the molecule is Fc1ccccc1C[NH+]1CC[NH+](Cc2ccc3ccccc3c2)CC1. The van der Waals surface area contributed by atoms with Crippen molar-refractivity contribution in [2.75, 3.05) is 26.2 Å². The second-order valence-electron chi connectivity index (χ2n) is 7.13. The van der Waals surface area contributed by atoms with E-state index in [1.165, 1.54) is 21.2 Å². The Balaban J connectivity index is 1.34. The summed E-state index contributed by atoms with van der Waals surface area (Å²) in [4.78, 5) is 3.12. The summed E-state index contributed by atoms with van der Waals surface area (Å²) in [5, 5.41) is 2.63. The van der Waals surface area contributed by atoms with Crippen LogP contribution in [0.1, 0.15) is 11.1 Å². The monoisotopic (exact) mass is 336 g/mol. The van der Waals surface area contributed by atoms with E-state index in [2.05, 4.69) is 42.5 Å². The molecule has 1 saturated heterocycles. The largest absolute Gasteiger partial charge is 0.322 e. The molecule has 1 heterocycles. The minimum absolute atomic E-state index is 0.0686. The highest BCUT2D eigenvalue weighted by atomic mass is 19.1. The van der Waals surface area contributed by atoms with Gasteiger partial charge in [-0.15, -0.1) is 0 Å². The summed E-state index contributed by atoms with van der Waals surface area (Å²) in [5.74, 6) is -0.0686. The standard InChI is InChI=1S/C22H23FN2/c23-22-8-4-3-7-21(22)17-25-13-11-24(12-14-25)16-18-9-10-19-5-1-2-6-20(19)15-18/h1-10,15H,11-14,16-17H2/p+2. The molecule has 0 atom stereocenters. The molecule has 3 heteroatoms. The molecule has 0 bridgehead atoms. The maximum absolute atomic E-state index is 13.8. The Bertz CT molecular complexity index is 853. The summed E-state index contributed by atoms with van der Waals surface area (Å²) >= 11 is 0. The Morgan fingerprint density at radius 2 is 1.32 bits per heavy atom. The van der Waals surface area contributed by atoms with Gasteiger partial charge >= 0.3 is 0 Å². The molecular weight excluding hydrogens is 311 g/mol. The summed E-state index contributed by atoms with van der Waals surface area (Å²) < 4.78 is 13.8. The molecule has 2 N–H and O–H groups in total. The fraction of sp³-hybridized carbons (Fsp3) is 0.273. The summed E-state index contributed by atoms with van der Waals surface area (Å²) in [6.07, 6.45) is 0. The van der Waals surface area contributed by atoms with Crippen molar-refractivity contribution in [2.45, 2.75) is 13.1 Å². The van der Waals surface area contributed by atoms with E-state index in [0.717, 1.165) is 44.8 Å². The third-order valence-electron chi connectivity index (χ3n) is 5.33. The normalized spacial score (nSPS) is 20.7. The van der Waals surface area contributed by atoms with Crippen LogP contribution in [0.2, 0.25) is 0 Å². The molecule has 3 aromatic rings. The Hall–Kier alpha value is -2.23. The first kappa shape index (κ1) is 16.2. The molecule has 1 fully saturated rings. The molecule has 3 aromatic carbocycles. The molecule has 1 aliphatic heterocycles. The van der Waals surface area contributed by atoms with E-state index in [1.807, 2.05) is 12.1 Å². The lowest BCUT2D eigenvalue weighted by Gasteiger charge is -2.30. The van der Waals surface area contributed by atoms with Crippen molar-refractivity contribution in [2.24, 2.45) is 0 Å². The first-order valence-electron chi connectivity index (χ1n) is 9.16. The lowest BCUT2D eigenvalue weighted by Crippen LogP contribution is -3.27. The van der Waals surface area contributed by atoms with Crippen molar-refractivity contribution < 1.29 is 14.2 Å². The molecule has 0 aliphatic carbocycles. The number of nitrogens with one attached hydrogen (secondary N) is 2. The van der Waals surface area contributed by atoms with E-state index >= 15 is 0 Å². The zero-order chi connectivity index (χ0) is 17.1. The van der Waals surface area contributed by atoms with E-state index in [0.29, 0.717) is 0 Å². The lowest BCUT2D eigenvalue weighted by atomic mass is 10.1. The highest BCUT2D eigenvalue weighted by Crippen LogP contribution is 2.15. The maximum Gasteiger partial charge on any atom is 0.132 e. The van der Waals surface area contributed by atoms with Gasteiger partial charge in [-0.05, 0) is 22.9 Å². The summed E-state index contributed by atoms with van der Waals surface area (Å²) in [6.45, 7) is 6.40. The molecule has 4 rings (SSSR count). The third-order valence-corrected chi connectivity index (χ3v) is 5.33. The summed E-state index contributed by atoms with van der Waals surface area (Å²) in [7, 11) is 0. The number of piperazine rings is 1. The number of rotatable bonds is 4. The van der Waals surface area contributed by atoms with Crippen molar-refractivity contribution in [3.63, 3.8) is 0 Å². The van der Waals surface area contributed by atoms with Gasteiger partial charge < -0.3 is 9.80 Å². The van der Waals surface area contributed by atoms with Crippen LogP contribution in [0.3, 0.4) is 0 Å². The number of halogens is 1. The highest BCUT2D eigenvalue weighted by molar-refractivity contribution is 5.82. The molecule has 0 saturated carbocycles. The van der Waals surface area contributed by atoms with E-state index < -0.39 is 0 Å². The van der Waals surface area contributed by atoms with Crippen molar-refractivity contribution in [1.82, 2.24) is 0 Å². The van der Waals surface area contributed by atoms with Gasteiger partial charge in [-0.3, -0.25) is 0 Å². The van der Waals surface area contributed by atoms with Gasteiger partial charge in [-0.25, -0.2) is 4.39 Å². The van der Waals surface area contributed by atoms with Crippen LogP contribution in [0, 0.1) is 5.82 Å². The van der Waals surface area contributed by atoms with Crippen LogP contribution in [-0.2, 0) is 13.1 Å². The molecule has 2 nitrogen and oxygen atoms in total. The fourth-order valence-corrected chi connectivity index (χ4v) is 3.86. The molecule has 25 heavy (non-hydrogen) atoms. The molecule has 1 aliphatic rings. The first-order chi connectivity index (χ1) is 12.3. The van der Waals surface area contributed by atoms with E-state index in [9.17, 15) is 4.39 Å². The van der Waals surface area contributed by atoms with Crippen molar-refractivity contribution in [1.29, 1.82) is 0 Å². The highest BCUT2D eigenvalue weighted by Gasteiger charge is 2.23. The van der Waals surface area contributed by atoms with Crippen LogP contribution in [0.25, 0.3) is 10.8 Å². The van der Waals surface area contributed by atoms with Crippen LogP contribution in [0.15, 0.2) is 66.7 Å². The number of hydrogen-bond donors (Lipinski definition) is 2. The number of fused-ring (bicyclic) bond motifs is 1. The van der Waals surface area contributed by atoms with E-state index in [1.54, 1.807) is 17.0 Å². The molecule has 0 unspecified atom stereocenters. The number of quaternary nitrogens is 2. The smallest absolute Gasteiger partial charge is 0.132 e. The predicted octanol–water partition coefficient (Wildman–Crippen LogP) is 1.46. The number of benzene rings is 3. The Kier molecular flexibility index (Phi) is 4.77. The second kappa shape index (κ2) is 7.34. The summed E-state index contributed by atoms with van der Waals surface area (Å²) in [6, 6.07) is 22.5. The van der Waals surface area contributed by atoms with Gasteiger partial charge in [0.25, 0.3) is 0 Å². The average Bonchev–Trinajstić information content (AvgIpc) is 2.65. The molecule has 0 aromatic heterocycles. The van der Waals surface area contributed by atoms with Gasteiger partial charge in [-0.1, -0.05) is 54.6 Å². The maximum atomic E-state index is 13.8. The lowest BCUT2D eigenvalue weighted by molar-refractivity contribution is -1.02. The van der Waals surface area contributed by atoms with Crippen LogP contribution in [-0.4, -0.2) is 26.2 Å². The van der Waals surface area contributed by atoms with Gasteiger partial charge in [0.05, 0.1) is 0 Å². The fourth-order valence-electron chi connectivity index (χ4n) is 3.86. The van der Waals surface area contributed by atoms with Gasteiger partial charge in [0.2, 0.25) is 0 Å². The van der Waals surface area contributed by atoms with E-state index in [4.69, 9.17) is 0 Å². The van der Waals surface area contributed by atoms with Crippen LogP contribution in [0.4, 0.5) is 4.39 Å². The Morgan fingerprint density at radius 3 is 2.08 bits per heavy atom. The number of hydrogen-bond acceptors (Lipinski definition) is 0. The third kappa shape index (κ3) is 3.89. The zero-order valence-corrected chi connectivity index (χ0v) is 14.5. The topological polar surface area (TPSA) is 8.88 Å². The van der Waals surface area contributed by atoms with Gasteiger partial charge in [0.15, 0.2) is 0 Å². The van der Waals surface area contributed by atoms with Crippen LogP contribution < -0.4 is 9.80 Å². The minimum atomic E-state index is -0.0686. The second-order valence-corrected chi connectivity index (χ2v) is 7.13. The average molecular weight is 336 g/mol. The van der Waals surface area contributed by atoms with Crippen LogP contribution in [0.5, 0.6) is 0 Å². The van der Waals surface area contributed by atoms with Gasteiger partial charge in [0.1, 0.15) is 45.1 Å². The molecule has 0 radical (unpaired) electrons. The quantitative estimate of drug-likeness (QED) is 0.714. The van der Waals surface area contributed by atoms with Crippen LogP contribution >= 0.6 is 0 Å². The van der Waals surface area contributed by atoms with Crippen molar-refractivity contribution in [3.05, 3.63) is 83.7 Å².